The number of nitrogens with one attached hydrogen (secondary N) is 1. The van der Waals surface area contributed by atoms with Crippen LogP contribution in [0.3, 0.4) is 0 Å². The van der Waals surface area contributed by atoms with Gasteiger partial charge in [0.25, 0.3) is 0 Å². The number of hydrogen-bond donors (Lipinski definition) is 1. The molecule has 0 fully saturated rings. The summed E-state index contributed by atoms with van der Waals surface area (Å²) in [6.07, 6.45) is -4.67. The van der Waals surface area contributed by atoms with Gasteiger partial charge in [-0.2, -0.15) is 0 Å². The Balaban J connectivity index is 2.05. The van der Waals surface area contributed by atoms with Gasteiger partial charge in [0, 0.05) is 18.3 Å². The van der Waals surface area contributed by atoms with Crippen molar-refractivity contribution in [2.75, 3.05) is 5.32 Å². The van der Waals surface area contributed by atoms with Crippen LogP contribution in [0.15, 0.2) is 42.5 Å². The second-order valence-electron chi connectivity index (χ2n) is 4.86. The van der Waals surface area contributed by atoms with E-state index in [9.17, 15) is 13.2 Å². The van der Waals surface area contributed by atoms with Crippen LogP contribution in [0.5, 0.6) is 5.75 Å². The fourth-order valence-electron chi connectivity index (χ4n) is 2.04. The zero-order valence-electron chi connectivity index (χ0n) is 11.8. The molecule has 2 aromatic carbocycles. The van der Waals surface area contributed by atoms with Gasteiger partial charge in [0.1, 0.15) is 5.75 Å². The van der Waals surface area contributed by atoms with Gasteiger partial charge >= 0.3 is 6.36 Å². The van der Waals surface area contributed by atoms with Crippen molar-refractivity contribution < 1.29 is 17.9 Å². The largest absolute Gasteiger partial charge is 0.573 e. The smallest absolute Gasteiger partial charge is 0.406 e. The lowest BCUT2D eigenvalue weighted by Crippen LogP contribution is -2.17. The highest BCUT2D eigenvalue weighted by Gasteiger charge is 2.31. The maximum absolute atomic E-state index is 12.2. The molecule has 0 saturated heterocycles. The van der Waals surface area contributed by atoms with E-state index in [1.165, 1.54) is 23.8 Å². The van der Waals surface area contributed by atoms with Crippen LogP contribution in [0, 0.1) is 13.8 Å². The molecule has 0 radical (unpaired) electrons. The molecule has 112 valence electrons. The molecule has 2 nitrogen and oxygen atoms in total. The molecule has 0 unspecified atom stereocenters. The lowest BCUT2D eigenvalue weighted by Gasteiger charge is -2.12. The van der Waals surface area contributed by atoms with Gasteiger partial charge in [-0.25, -0.2) is 0 Å². The van der Waals surface area contributed by atoms with Crippen molar-refractivity contribution in [2.45, 2.75) is 26.8 Å². The van der Waals surface area contributed by atoms with E-state index in [-0.39, 0.29) is 5.75 Å². The number of ether oxygens (including phenoxy) is 1. The highest BCUT2D eigenvalue weighted by Crippen LogP contribution is 2.25. The van der Waals surface area contributed by atoms with Gasteiger partial charge in [-0.3, -0.25) is 0 Å². The van der Waals surface area contributed by atoms with Crippen LogP contribution in [-0.2, 0) is 6.54 Å². The van der Waals surface area contributed by atoms with E-state index in [1.807, 2.05) is 26.0 Å². The Morgan fingerprint density at radius 3 is 2.48 bits per heavy atom. The summed E-state index contributed by atoms with van der Waals surface area (Å²) in [7, 11) is 0. The Bertz CT molecular complexity index is 623. The minimum absolute atomic E-state index is 0.229. The maximum atomic E-state index is 12.2. The monoisotopic (exact) mass is 295 g/mol. The number of rotatable bonds is 4. The number of anilines is 1. The molecule has 0 spiro atoms. The van der Waals surface area contributed by atoms with Crippen molar-refractivity contribution in [3.8, 4) is 5.75 Å². The van der Waals surface area contributed by atoms with Crippen molar-refractivity contribution in [3.05, 3.63) is 59.2 Å². The first-order valence-electron chi connectivity index (χ1n) is 6.49. The topological polar surface area (TPSA) is 21.3 Å². The molecule has 0 aliphatic rings. The van der Waals surface area contributed by atoms with Gasteiger partial charge in [-0.05, 0) is 37.1 Å². The van der Waals surface area contributed by atoms with E-state index in [2.05, 4.69) is 16.1 Å². The number of hydrogen-bond acceptors (Lipinski definition) is 2. The van der Waals surface area contributed by atoms with E-state index in [4.69, 9.17) is 0 Å². The molecule has 0 heterocycles. The van der Waals surface area contributed by atoms with Crippen molar-refractivity contribution >= 4 is 5.69 Å². The first kappa shape index (κ1) is 15.2. The number of benzene rings is 2. The standard InChI is InChI=1S/C16H16F3NO/c1-11-6-7-13(12(2)8-11)10-20-14-4-3-5-15(9-14)21-16(17,18)19/h3-9,20H,10H2,1-2H3. The van der Waals surface area contributed by atoms with E-state index in [0.717, 1.165) is 11.1 Å². The van der Waals surface area contributed by atoms with Gasteiger partial charge < -0.3 is 10.1 Å². The number of alkyl halides is 3. The molecular formula is C16H16F3NO. The van der Waals surface area contributed by atoms with Gasteiger partial charge in [-0.15, -0.1) is 13.2 Å². The van der Waals surface area contributed by atoms with Crippen LogP contribution in [-0.4, -0.2) is 6.36 Å². The molecule has 0 aliphatic carbocycles. The van der Waals surface area contributed by atoms with Crippen molar-refractivity contribution in [3.63, 3.8) is 0 Å². The highest BCUT2D eigenvalue weighted by atomic mass is 19.4. The average molecular weight is 295 g/mol. The Labute approximate surface area is 121 Å². The summed E-state index contributed by atoms with van der Waals surface area (Å²) in [5.41, 5.74) is 4.00. The summed E-state index contributed by atoms with van der Waals surface area (Å²) in [6, 6.07) is 11.9. The van der Waals surface area contributed by atoms with Crippen LogP contribution >= 0.6 is 0 Å². The quantitative estimate of drug-likeness (QED) is 0.873. The fraction of sp³-hybridized carbons (Fsp3) is 0.250. The van der Waals surface area contributed by atoms with E-state index < -0.39 is 6.36 Å². The summed E-state index contributed by atoms with van der Waals surface area (Å²) in [6.45, 7) is 4.57. The summed E-state index contributed by atoms with van der Waals surface area (Å²) in [5, 5.41) is 3.10. The lowest BCUT2D eigenvalue weighted by molar-refractivity contribution is -0.274. The lowest BCUT2D eigenvalue weighted by atomic mass is 10.1. The first-order valence-corrected chi connectivity index (χ1v) is 6.49. The highest BCUT2D eigenvalue weighted by molar-refractivity contribution is 5.49. The van der Waals surface area contributed by atoms with Gasteiger partial charge in [-0.1, -0.05) is 29.8 Å². The van der Waals surface area contributed by atoms with Gasteiger partial charge in [0.05, 0.1) is 0 Å². The van der Waals surface area contributed by atoms with Crippen molar-refractivity contribution in [2.24, 2.45) is 0 Å². The first-order chi connectivity index (χ1) is 9.83. The van der Waals surface area contributed by atoms with E-state index in [1.54, 1.807) is 6.07 Å². The summed E-state index contributed by atoms with van der Waals surface area (Å²) in [5.74, 6) is -0.229. The molecule has 2 rings (SSSR count). The average Bonchev–Trinajstić information content (AvgIpc) is 2.36. The number of aryl methyl sites for hydroxylation is 2. The third kappa shape index (κ3) is 4.70. The van der Waals surface area contributed by atoms with Crippen molar-refractivity contribution in [1.82, 2.24) is 0 Å². The van der Waals surface area contributed by atoms with Crippen molar-refractivity contribution in [1.29, 1.82) is 0 Å². The predicted molar refractivity (Wildman–Crippen MR) is 76.4 cm³/mol. The Morgan fingerprint density at radius 1 is 1.05 bits per heavy atom. The summed E-state index contributed by atoms with van der Waals surface area (Å²) < 4.78 is 40.4. The molecule has 5 heteroatoms. The van der Waals surface area contributed by atoms with Crippen LogP contribution < -0.4 is 10.1 Å². The molecule has 0 amide bonds. The molecule has 1 N–H and O–H groups in total. The fourth-order valence-corrected chi connectivity index (χ4v) is 2.04. The van der Waals surface area contributed by atoms with Crippen LogP contribution in [0.4, 0.5) is 18.9 Å². The number of halogens is 3. The molecule has 0 aliphatic heterocycles. The molecular weight excluding hydrogens is 279 g/mol. The molecule has 0 saturated carbocycles. The normalized spacial score (nSPS) is 11.3. The van der Waals surface area contributed by atoms with Crippen LogP contribution in [0.2, 0.25) is 0 Å². The molecule has 2 aromatic rings. The van der Waals surface area contributed by atoms with E-state index in [0.29, 0.717) is 12.2 Å². The molecule has 0 atom stereocenters. The third-order valence-corrected chi connectivity index (χ3v) is 3.05. The van der Waals surface area contributed by atoms with Crippen LogP contribution in [0.1, 0.15) is 16.7 Å². The second kappa shape index (κ2) is 6.08. The minimum Gasteiger partial charge on any atom is -0.406 e. The third-order valence-electron chi connectivity index (χ3n) is 3.05. The van der Waals surface area contributed by atoms with Gasteiger partial charge in [0.2, 0.25) is 0 Å². The zero-order chi connectivity index (χ0) is 15.5. The SMILES string of the molecule is Cc1ccc(CNc2cccc(OC(F)(F)F)c2)c(C)c1. The molecule has 21 heavy (non-hydrogen) atoms. The maximum Gasteiger partial charge on any atom is 0.573 e. The Hall–Kier alpha value is -2.17. The van der Waals surface area contributed by atoms with Crippen LogP contribution in [0.25, 0.3) is 0 Å². The Kier molecular flexibility index (Phi) is 4.40. The Morgan fingerprint density at radius 2 is 1.81 bits per heavy atom. The van der Waals surface area contributed by atoms with E-state index >= 15 is 0 Å². The minimum atomic E-state index is -4.67. The van der Waals surface area contributed by atoms with Gasteiger partial charge in [0.15, 0.2) is 0 Å². The summed E-state index contributed by atoms with van der Waals surface area (Å²) in [4.78, 5) is 0. The predicted octanol–water partition coefficient (Wildman–Crippen LogP) is 4.81. The molecule has 0 aromatic heterocycles. The molecule has 0 bridgehead atoms. The second-order valence-corrected chi connectivity index (χ2v) is 4.86. The zero-order valence-corrected chi connectivity index (χ0v) is 11.8. The summed E-state index contributed by atoms with van der Waals surface area (Å²) >= 11 is 0.